The number of nitrogens with zero attached hydrogens (tertiary/aromatic N) is 3. The predicted molar refractivity (Wildman–Crippen MR) is 104 cm³/mol. The normalized spacial score (nSPS) is 20.6. The van der Waals surface area contributed by atoms with Gasteiger partial charge in [0.25, 0.3) is 0 Å². The van der Waals surface area contributed by atoms with Gasteiger partial charge in [-0.15, -0.1) is 0 Å². The van der Waals surface area contributed by atoms with Crippen molar-refractivity contribution in [3.8, 4) is 0 Å². The third-order valence-corrected chi connectivity index (χ3v) is 5.79. The van der Waals surface area contributed by atoms with E-state index in [0.29, 0.717) is 0 Å². The van der Waals surface area contributed by atoms with Gasteiger partial charge in [-0.2, -0.15) is 0 Å². The fraction of sp³-hybridized carbons (Fsp3) is 0.500. The third kappa shape index (κ3) is 3.57. The largest absolute Gasteiger partial charge is 0.369 e. The second-order valence-corrected chi connectivity index (χ2v) is 8.34. The van der Waals surface area contributed by atoms with Crippen molar-refractivity contribution in [2.45, 2.75) is 38.6 Å². The van der Waals surface area contributed by atoms with Crippen LogP contribution in [0.25, 0.3) is 0 Å². The van der Waals surface area contributed by atoms with Crippen molar-refractivity contribution < 1.29 is 0 Å². The molecule has 1 fully saturated rings. The van der Waals surface area contributed by atoms with Crippen molar-refractivity contribution >= 4 is 5.69 Å². The highest BCUT2D eigenvalue weighted by Gasteiger charge is 2.37. The van der Waals surface area contributed by atoms with Crippen LogP contribution in [0.15, 0.2) is 48.7 Å². The molecule has 0 saturated carbocycles. The monoisotopic (exact) mass is 335 g/mol. The minimum absolute atomic E-state index is 0.171. The molecule has 2 aliphatic heterocycles. The summed E-state index contributed by atoms with van der Waals surface area (Å²) in [6.07, 6.45) is 4.55. The molecule has 1 saturated heterocycles. The average Bonchev–Trinajstić information content (AvgIpc) is 2.88. The van der Waals surface area contributed by atoms with Gasteiger partial charge in [0, 0.05) is 31.2 Å². The number of aromatic nitrogens is 1. The van der Waals surface area contributed by atoms with Crippen molar-refractivity contribution in [3.05, 3.63) is 59.9 Å². The highest BCUT2D eigenvalue weighted by Crippen LogP contribution is 2.39. The number of piperidine rings is 1. The van der Waals surface area contributed by atoms with Gasteiger partial charge >= 0.3 is 0 Å². The molecule has 3 heteroatoms. The van der Waals surface area contributed by atoms with Crippen molar-refractivity contribution in [2.24, 2.45) is 5.92 Å². The van der Waals surface area contributed by atoms with Gasteiger partial charge in [-0.05, 0) is 49.5 Å². The summed E-state index contributed by atoms with van der Waals surface area (Å²) in [5.74, 6) is 0.800. The zero-order valence-corrected chi connectivity index (χ0v) is 15.5. The molecule has 0 unspecified atom stereocenters. The number of pyridine rings is 1. The Kier molecular flexibility index (Phi) is 4.51. The Morgan fingerprint density at radius 1 is 1.04 bits per heavy atom. The Hall–Kier alpha value is -1.87. The number of anilines is 1. The first-order chi connectivity index (χ1) is 12.1. The first kappa shape index (κ1) is 16.6. The van der Waals surface area contributed by atoms with E-state index in [1.807, 2.05) is 6.20 Å². The second-order valence-electron chi connectivity index (χ2n) is 8.34. The smallest absolute Gasteiger partial charge is 0.0710 e. The van der Waals surface area contributed by atoms with Gasteiger partial charge in [0.05, 0.1) is 11.4 Å². The average molecular weight is 335 g/mol. The van der Waals surface area contributed by atoms with Crippen LogP contribution in [-0.2, 0) is 12.0 Å². The lowest BCUT2D eigenvalue weighted by molar-refractivity contribution is 0.179. The van der Waals surface area contributed by atoms with E-state index >= 15 is 0 Å². The summed E-state index contributed by atoms with van der Waals surface area (Å²) in [4.78, 5) is 9.85. The molecule has 2 aromatic rings. The molecule has 0 amide bonds. The summed E-state index contributed by atoms with van der Waals surface area (Å²) in [5.41, 5.74) is 4.24. The van der Waals surface area contributed by atoms with Crippen molar-refractivity contribution in [1.29, 1.82) is 0 Å². The molecule has 132 valence electrons. The molecular formula is C22H29N3. The molecular weight excluding hydrogens is 306 g/mol. The molecule has 0 aliphatic carbocycles. The van der Waals surface area contributed by atoms with Crippen molar-refractivity contribution in [1.82, 2.24) is 9.88 Å². The van der Waals surface area contributed by atoms with Crippen LogP contribution in [-0.4, -0.2) is 36.1 Å². The van der Waals surface area contributed by atoms with Gasteiger partial charge in [0.1, 0.15) is 0 Å². The molecule has 1 aromatic heterocycles. The van der Waals surface area contributed by atoms with E-state index in [2.05, 4.69) is 71.1 Å². The van der Waals surface area contributed by atoms with E-state index in [0.717, 1.165) is 19.0 Å². The molecule has 25 heavy (non-hydrogen) atoms. The lowest BCUT2D eigenvalue weighted by Gasteiger charge is -2.35. The van der Waals surface area contributed by atoms with Crippen LogP contribution in [0.5, 0.6) is 0 Å². The lowest BCUT2D eigenvalue weighted by Crippen LogP contribution is -2.39. The first-order valence-electron chi connectivity index (χ1n) is 9.58. The zero-order valence-electron chi connectivity index (χ0n) is 15.5. The van der Waals surface area contributed by atoms with Gasteiger partial charge in [-0.1, -0.05) is 44.2 Å². The fourth-order valence-electron chi connectivity index (χ4n) is 4.45. The van der Waals surface area contributed by atoms with Gasteiger partial charge < -0.3 is 4.90 Å². The molecule has 0 N–H and O–H groups in total. The van der Waals surface area contributed by atoms with E-state index in [4.69, 9.17) is 0 Å². The number of hydrogen-bond acceptors (Lipinski definition) is 3. The molecule has 3 nitrogen and oxygen atoms in total. The predicted octanol–water partition coefficient (Wildman–Crippen LogP) is 4.09. The molecule has 0 atom stereocenters. The summed E-state index contributed by atoms with van der Waals surface area (Å²) in [6, 6.07) is 15.2. The van der Waals surface area contributed by atoms with E-state index in [-0.39, 0.29) is 5.41 Å². The third-order valence-electron chi connectivity index (χ3n) is 5.79. The van der Waals surface area contributed by atoms with E-state index in [9.17, 15) is 0 Å². The highest BCUT2D eigenvalue weighted by molar-refractivity contribution is 5.59. The fourth-order valence-corrected chi connectivity index (χ4v) is 4.45. The Morgan fingerprint density at radius 3 is 2.56 bits per heavy atom. The number of hydrogen-bond donors (Lipinski definition) is 0. The number of rotatable bonds is 4. The van der Waals surface area contributed by atoms with Crippen LogP contribution in [0.3, 0.4) is 0 Å². The Balaban J connectivity index is 1.34. The minimum Gasteiger partial charge on any atom is -0.369 e. The van der Waals surface area contributed by atoms with Crippen LogP contribution in [0, 0.1) is 5.92 Å². The van der Waals surface area contributed by atoms with Crippen LogP contribution in [0.4, 0.5) is 5.69 Å². The van der Waals surface area contributed by atoms with Gasteiger partial charge in [-0.3, -0.25) is 9.88 Å². The Morgan fingerprint density at radius 2 is 1.80 bits per heavy atom. The number of fused-ring (bicyclic) bond motifs is 1. The van der Waals surface area contributed by atoms with Crippen LogP contribution >= 0.6 is 0 Å². The maximum Gasteiger partial charge on any atom is 0.0710 e. The summed E-state index contributed by atoms with van der Waals surface area (Å²) >= 11 is 0. The SMILES string of the molecule is CC1(C)CN(CC2CCN(Cc3ccccc3)CC2)c2cccnc21. The summed E-state index contributed by atoms with van der Waals surface area (Å²) < 4.78 is 0. The molecule has 1 aromatic carbocycles. The highest BCUT2D eigenvalue weighted by atomic mass is 15.2. The quantitative estimate of drug-likeness (QED) is 0.839. The van der Waals surface area contributed by atoms with Crippen molar-refractivity contribution in [2.75, 3.05) is 31.1 Å². The Bertz CT molecular complexity index is 702. The van der Waals surface area contributed by atoms with Crippen LogP contribution in [0.1, 0.15) is 37.9 Å². The maximum absolute atomic E-state index is 4.66. The second kappa shape index (κ2) is 6.80. The summed E-state index contributed by atoms with van der Waals surface area (Å²) in [7, 11) is 0. The van der Waals surface area contributed by atoms with Gasteiger partial charge in [0.2, 0.25) is 0 Å². The van der Waals surface area contributed by atoms with E-state index in [1.54, 1.807) is 0 Å². The molecule has 0 radical (unpaired) electrons. The number of likely N-dealkylation sites (tertiary alicyclic amines) is 1. The molecule has 3 heterocycles. The molecule has 0 spiro atoms. The molecule has 0 bridgehead atoms. The minimum atomic E-state index is 0.171. The van der Waals surface area contributed by atoms with Gasteiger partial charge in [0.15, 0.2) is 0 Å². The summed E-state index contributed by atoms with van der Waals surface area (Å²) in [5, 5.41) is 0. The van der Waals surface area contributed by atoms with E-state index in [1.165, 1.54) is 49.4 Å². The maximum atomic E-state index is 4.66. The topological polar surface area (TPSA) is 19.4 Å². The lowest BCUT2D eigenvalue weighted by atomic mass is 9.91. The van der Waals surface area contributed by atoms with Crippen LogP contribution in [0.2, 0.25) is 0 Å². The molecule has 2 aliphatic rings. The first-order valence-corrected chi connectivity index (χ1v) is 9.58. The standard InChI is InChI=1S/C22H29N3/c1-22(2)17-25(20-9-6-12-23-21(20)22)16-19-10-13-24(14-11-19)15-18-7-4-3-5-8-18/h3-9,12,19H,10-11,13-17H2,1-2H3. The van der Waals surface area contributed by atoms with Crippen molar-refractivity contribution in [3.63, 3.8) is 0 Å². The van der Waals surface area contributed by atoms with E-state index < -0.39 is 0 Å². The van der Waals surface area contributed by atoms with Crippen LogP contribution < -0.4 is 4.90 Å². The summed E-state index contributed by atoms with van der Waals surface area (Å²) in [6.45, 7) is 10.5. The number of benzene rings is 1. The Labute approximate surface area is 151 Å². The zero-order chi connectivity index (χ0) is 17.3. The molecule has 4 rings (SSSR count). The van der Waals surface area contributed by atoms with Gasteiger partial charge in [-0.25, -0.2) is 0 Å².